The molecular weight excluding hydrogens is 348 g/mol. The van der Waals surface area contributed by atoms with Crippen LogP contribution in [0.15, 0.2) is 0 Å². The van der Waals surface area contributed by atoms with E-state index in [2.05, 4.69) is 5.32 Å². The number of amides is 4. The second kappa shape index (κ2) is 7.66. The number of nitrogens with zero attached hydrogens (tertiary/aromatic N) is 3. The van der Waals surface area contributed by atoms with Crippen LogP contribution in [0.1, 0.15) is 59.3 Å². The highest BCUT2D eigenvalue weighted by Crippen LogP contribution is 2.32. The van der Waals surface area contributed by atoms with Gasteiger partial charge in [-0.2, -0.15) is 0 Å². The summed E-state index contributed by atoms with van der Waals surface area (Å²) >= 11 is 0. The predicted molar refractivity (Wildman–Crippen MR) is 100 cm³/mol. The Bertz CT molecular complexity index is 585. The minimum atomic E-state index is -0.689. The van der Waals surface area contributed by atoms with Crippen molar-refractivity contribution in [3.05, 3.63) is 0 Å². The molecule has 2 saturated heterocycles. The van der Waals surface area contributed by atoms with Crippen molar-refractivity contribution in [1.29, 1.82) is 0 Å². The first-order valence-corrected chi connectivity index (χ1v) is 10.0. The maximum absolute atomic E-state index is 13.0. The van der Waals surface area contributed by atoms with Crippen LogP contribution in [0.4, 0.5) is 9.59 Å². The average molecular weight is 380 g/mol. The lowest BCUT2D eigenvalue weighted by Gasteiger charge is -2.36. The van der Waals surface area contributed by atoms with Crippen LogP contribution >= 0.6 is 0 Å². The van der Waals surface area contributed by atoms with E-state index in [1.54, 1.807) is 4.90 Å². The number of hydrogen-bond acceptors (Lipinski definition) is 5. The van der Waals surface area contributed by atoms with E-state index in [9.17, 15) is 14.4 Å². The van der Waals surface area contributed by atoms with Crippen molar-refractivity contribution in [3.63, 3.8) is 0 Å². The average Bonchev–Trinajstić information content (AvgIpc) is 2.76. The number of carbonyl (C=O) groups excluding carboxylic acids is 3. The molecule has 1 N–H and O–H groups in total. The molecule has 0 aromatic heterocycles. The van der Waals surface area contributed by atoms with Crippen LogP contribution in [0.25, 0.3) is 0 Å². The molecule has 2 aliphatic heterocycles. The summed E-state index contributed by atoms with van der Waals surface area (Å²) in [4.78, 5) is 42.7. The largest absolute Gasteiger partial charge is 0.444 e. The summed E-state index contributed by atoms with van der Waals surface area (Å²) in [6.07, 6.45) is 5.37. The smallest absolute Gasteiger partial charge is 0.410 e. The van der Waals surface area contributed by atoms with Gasteiger partial charge >= 0.3 is 12.1 Å². The molecule has 27 heavy (non-hydrogen) atoms. The Kier molecular flexibility index (Phi) is 5.65. The second-order valence-corrected chi connectivity index (χ2v) is 8.89. The molecule has 0 aromatic rings. The van der Waals surface area contributed by atoms with Crippen LogP contribution in [0.5, 0.6) is 0 Å². The van der Waals surface area contributed by atoms with Crippen LogP contribution < -0.4 is 5.32 Å². The zero-order chi connectivity index (χ0) is 19.7. The van der Waals surface area contributed by atoms with Crippen molar-refractivity contribution in [2.75, 3.05) is 32.8 Å². The van der Waals surface area contributed by atoms with Gasteiger partial charge in [0.25, 0.3) is 5.91 Å². The quantitative estimate of drug-likeness (QED) is 0.742. The Labute approximate surface area is 161 Å². The first-order chi connectivity index (χ1) is 12.7. The number of hydrogen-bond donors (Lipinski definition) is 1. The fourth-order valence-corrected chi connectivity index (χ4v) is 4.07. The molecule has 0 unspecified atom stereocenters. The van der Waals surface area contributed by atoms with Crippen LogP contribution in [0.2, 0.25) is 0 Å². The van der Waals surface area contributed by atoms with Gasteiger partial charge in [0, 0.05) is 26.2 Å². The van der Waals surface area contributed by atoms with E-state index in [4.69, 9.17) is 4.74 Å². The molecule has 8 heteroatoms. The Balaban J connectivity index is 1.54. The maximum atomic E-state index is 13.0. The number of ether oxygens (including phenoxy) is 1. The summed E-state index contributed by atoms with van der Waals surface area (Å²) in [6, 6.07) is -0.281. The second-order valence-electron chi connectivity index (χ2n) is 8.89. The summed E-state index contributed by atoms with van der Waals surface area (Å²) in [6.45, 7) is 8.13. The lowest BCUT2D eigenvalue weighted by atomic mass is 9.90. The van der Waals surface area contributed by atoms with Gasteiger partial charge in [0.05, 0.1) is 6.67 Å². The highest BCUT2D eigenvalue weighted by Gasteiger charge is 2.51. The molecule has 8 nitrogen and oxygen atoms in total. The van der Waals surface area contributed by atoms with Crippen molar-refractivity contribution < 1.29 is 19.1 Å². The lowest BCUT2D eigenvalue weighted by molar-refractivity contribution is -0.133. The summed E-state index contributed by atoms with van der Waals surface area (Å²) in [5.41, 5.74) is -1.20. The number of carbonyl (C=O) groups is 3. The SMILES string of the molecule is CC(C)(C)OC(=O)N1CCN(CN2C(=O)NC3(CCCCCC3)C2=O)CC1. The Morgan fingerprint density at radius 3 is 2.19 bits per heavy atom. The predicted octanol–water partition coefficient (Wildman–Crippen LogP) is 2.14. The van der Waals surface area contributed by atoms with Gasteiger partial charge in [-0.25, -0.2) is 14.5 Å². The van der Waals surface area contributed by atoms with Crippen LogP contribution in [0, 0.1) is 0 Å². The van der Waals surface area contributed by atoms with E-state index in [-0.39, 0.29) is 24.7 Å². The minimum Gasteiger partial charge on any atom is -0.444 e. The van der Waals surface area contributed by atoms with E-state index in [0.717, 1.165) is 38.5 Å². The summed E-state index contributed by atoms with van der Waals surface area (Å²) < 4.78 is 5.41. The lowest BCUT2D eigenvalue weighted by Crippen LogP contribution is -2.53. The molecule has 4 amide bonds. The third-order valence-corrected chi connectivity index (χ3v) is 5.57. The molecular formula is C19H32N4O4. The molecule has 3 fully saturated rings. The van der Waals surface area contributed by atoms with Gasteiger partial charge in [-0.05, 0) is 33.6 Å². The molecule has 0 radical (unpaired) electrons. The normalized spacial score (nSPS) is 24.1. The van der Waals surface area contributed by atoms with E-state index in [1.807, 2.05) is 25.7 Å². The van der Waals surface area contributed by atoms with Gasteiger partial charge in [-0.3, -0.25) is 9.69 Å². The van der Waals surface area contributed by atoms with Crippen LogP contribution in [-0.4, -0.2) is 76.7 Å². The highest BCUT2D eigenvalue weighted by atomic mass is 16.6. The molecule has 152 valence electrons. The molecule has 3 aliphatic rings. The standard InChI is InChI=1S/C19H32N4O4/c1-18(2,3)27-17(26)22-12-10-21(11-13-22)14-23-15(24)19(20-16(23)25)8-6-4-5-7-9-19/h4-14H2,1-3H3,(H,20,25). The van der Waals surface area contributed by atoms with Crippen molar-refractivity contribution >= 4 is 18.0 Å². The van der Waals surface area contributed by atoms with Crippen molar-refractivity contribution in [1.82, 2.24) is 20.0 Å². The molecule has 1 spiro atoms. The molecule has 0 atom stereocenters. The zero-order valence-electron chi connectivity index (χ0n) is 16.8. The summed E-state index contributed by atoms with van der Waals surface area (Å²) in [5, 5.41) is 2.98. The van der Waals surface area contributed by atoms with Crippen molar-refractivity contribution in [2.24, 2.45) is 0 Å². The number of urea groups is 1. The fourth-order valence-electron chi connectivity index (χ4n) is 4.07. The van der Waals surface area contributed by atoms with E-state index >= 15 is 0 Å². The van der Waals surface area contributed by atoms with Gasteiger partial charge in [0.2, 0.25) is 0 Å². The van der Waals surface area contributed by atoms with Gasteiger partial charge in [0.15, 0.2) is 0 Å². The third kappa shape index (κ3) is 4.54. The van der Waals surface area contributed by atoms with Gasteiger partial charge < -0.3 is 15.0 Å². The molecule has 2 heterocycles. The first kappa shape index (κ1) is 19.9. The van der Waals surface area contributed by atoms with Gasteiger partial charge in [-0.15, -0.1) is 0 Å². The van der Waals surface area contributed by atoms with E-state index in [1.165, 1.54) is 4.90 Å². The summed E-state index contributed by atoms with van der Waals surface area (Å²) in [7, 11) is 0. The third-order valence-electron chi connectivity index (χ3n) is 5.57. The monoisotopic (exact) mass is 380 g/mol. The molecule has 0 aromatic carbocycles. The Morgan fingerprint density at radius 1 is 1.04 bits per heavy atom. The molecule has 0 bridgehead atoms. The highest BCUT2D eigenvalue weighted by molar-refractivity contribution is 6.07. The van der Waals surface area contributed by atoms with Crippen molar-refractivity contribution in [2.45, 2.75) is 70.4 Å². The topological polar surface area (TPSA) is 82.2 Å². The number of piperazine rings is 1. The van der Waals surface area contributed by atoms with E-state index in [0.29, 0.717) is 26.2 Å². The fraction of sp³-hybridized carbons (Fsp3) is 0.842. The minimum absolute atomic E-state index is 0.0797. The summed E-state index contributed by atoms with van der Waals surface area (Å²) in [5.74, 6) is -0.0797. The van der Waals surface area contributed by atoms with Crippen molar-refractivity contribution in [3.8, 4) is 0 Å². The molecule has 3 rings (SSSR count). The van der Waals surface area contributed by atoms with E-state index < -0.39 is 11.1 Å². The number of imide groups is 1. The van der Waals surface area contributed by atoms with Crippen LogP contribution in [-0.2, 0) is 9.53 Å². The maximum Gasteiger partial charge on any atom is 0.410 e. The van der Waals surface area contributed by atoms with Gasteiger partial charge in [0.1, 0.15) is 11.1 Å². The number of rotatable bonds is 2. The van der Waals surface area contributed by atoms with Crippen LogP contribution in [0.3, 0.4) is 0 Å². The Hall–Kier alpha value is -1.83. The first-order valence-electron chi connectivity index (χ1n) is 10.0. The van der Waals surface area contributed by atoms with Gasteiger partial charge in [-0.1, -0.05) is 25.7 Å². The Morgan fingerprint density at radius 2 is 1.63 bits per heavy atom. The molecule has 1 aliphatic carbocycles. The molecule has 1 saturated carbocycles. The number of nitrogens with one attached hydrogen (secondary N) is 1. The zero-order valence-corrected chi connectivity index (χ0v) is 16.8.